The average molecular weight is 218 g/mol. The maximum Gasteiger partial charge on any atom is 0.138 e. The molecule has 0 aromatic heterocycles. The van der Waals surface area contributed by atoms with Crippen LogP contribution in [0.1, 0.15) is 5.56 Å². The summed E-state index contributed by atoms with van der Waals surface area (Å²) in [5, 5.41) is 10.9. The fourth-order valence-corrected chi connectivity index (χ4v) is 1.05. The molecule has 0 heterocycles. The number of nitrogens with zero attached hydrogens (tertiary/aromatic N) is 1. The number of rotatable bonds is 1. The second-order valence-electron chi connectivity index (χ2n) is 1.89. The summed E-state index contributed by atoms with van der Waals surface area (Å²) >= 11 is 3.00. The summed E-state index contributed by atoms with van der Waals surface area (Å²) in [6.45, 7) is 0. The van der Waals surface area contributed by atoms with Crippen LogP contribution in [-0.2, 0) is 0 Å². The lowest BCUT2D eigenvalue weighted by atomic mass is 10.2. The van der Waals surface area contributed by atoms with E-state index in [9.17, 15) is 4.39 Å². The molecule has 11 heavy (non-hydrogen) atoms. The third-order valence-electron chi connectivity index (χ3n) is 1.18. The predicted octanol–water partition coefficient (Wildman–Crippen LogP) is 2.40. The molecule has 2 nitrogen and oxygen atoms in total. The Morgan fingerprint density at radius 2 is 2.27 bits per heavy atom. The molecule has 0 bridgehead atoms. The highest BCUT2D eigenvalue weighted by molar-refractivity contribution is 9.10. The molecule has 0 unspecified atom stereocenters. The molecule has 0 radical (unpaired) electrons. The molecule has 0 atom stereocenters. The SMILES string of the molecule is ON=Cc1cccc(F)c1Br. The van der Waals surface area contributed by atoms with Crippen molar-refractivity contribution in [3.63, 3.8) is 0 Å². The van der Waals surface area contributed by atoms with E-state index in [4.69, 9.17) is 5.21 Å². The fourth-order valence-electron chi connectivity index (χ4n) is 0.682. The Balaban J connectivity index is 3.16. The minimum atomic E-state index is -0.373. The van der Waals surface area contributed by atoms with Gasteiger partial charge in [-0.3, -0.25) is 0 Å². The molecule has 1 aromatic rings. The molecule has 0 amide bonds. The van der Waals surface area contributed by atoms with E-state index < -0.39 is 0 Å². The zero-order valence-corrected chi connectivity index (χ0v) is 7.05. The molecular weight excluding hydrogens is 213 g/mol. The van der Waals surface area contributed by atoms with Crippen LogP contribution in [0.25, 0.3) is 0 Å². The molecule has 0 fully saturated rings. The first-order chi connectivity index (χ1) is 5.25. The van der Waals surface area contributed by atoms with Crippen LogP contribution in [0, 0.1) is 5.82 Å². The highest BCUT2D eigenvalue weighted by Gasteiger charge is 2.01. The van der Waals surface area contributed by atoms with Crippen LogP contribution in [0.2, 0.25) is 0 Å². The number of hydrogen-bond acceptors (Lipinski definition) is 2. The van der Waals surface area contributed by atoms with Gasteiger partial charge >= 0.3 is 0 Å². The van der Waals surface area contributed by atoms with Gasteiger partial charge in [-0.15, -0.1) is 0 Å². The van der Waals surface area contributed by atoms with Crippen LogP contribution in [0.4, 0.5) is 4.39 Å². The van der Waals surface area contributed by atoms with Gasteiger partial charge in [-0.05, 0) is 22.0 Å². The molecule has 0 aliphatic carbocycles. The van der Waals surface area contributed by atoms with E-state index in [1.807, 2.05) is 0 Å². The Morgan fingerprint density at radius 3 is 2.91 bits per heavy atom. The van der Waals surface area contributed by atoms with E-state index in [2.05, 4.69) is 21.1 Å². The van der Waals surface area contributed by atoms with Crippen molar-refractivity contribution in [1.29, 1.82) is 0 Å². The van der Waals surface area contributed by atoms with E-state index in [1.54, 1.807) is 6.07 Å². The highest BCUT2D eigenvalue weighted by atomic mass is 79.9. The van der Waals surface area contributed by atoms with Crippen molar-refractivity contribution in [2.45, 2.75) is 0 Å². The van der Waals surface area contributed by atoms with Crippen molar-refractivity contribution in [1.82, 2.24) is 0 Å². The zero-order valence-electron chi connectivity index (χ0n) is 5.46. The standard InChI is InChI=1S/C7H5BrFNO/c8-7-5(4-10-11)2-1-3-6(7)9/h1-4,11H. The second kappa shape index (κ2) is 3.48. The third kappa shape index (κ3) is 1.77. The topological polar surface area (TPSA) is 32.6 Å². The van der Waals surface area contributed by atoms with Gasteiger partial charge in [-0.1, -0.05) is 17.3 Å². The first kappa shape index (κ1) is 8.20. The summed E-state index contributed by atoms with van der Waals surface area (Å²) in [6, 6.07) is 4.49. The molecular formula is C7H5BrFNO. The van der Waals surface area contributed by atoms with Crippen LogP contribution >= 0.6 is 15.9 Å². The highest BCUT2D eigenvalue weighted by Crippen LogP contribution is 2.18. The number of benzene rings is 1. The van der Waals surface area contributed by atoms with Gasteiger partial charge in [0.1, 0.15) is 5.82 Å². The minimum absolute atomic E-state index is 0.304. The molecule has 0 spiro atoms. The van der Waals surface area contributed by atoms with Gasteiger partial charge in [0.15, 0.2) is 0 Å². The molecule has 1 N–H and O–H groups in total. The van der Waals surface area contributed by atoms with E-state index in [0.717, 1.165) is 6.21 Å². The van der Waals surface area contributed by atoms with Gasteiger partial charge in [0, 0.05) is 5.56 Å². The van der Waals surface area contributed by atoms with Gasteiger partial charge in [-0.2, -0.15) is 0 Å². The normalized spacial score (nSPS) is 10.7. The summed E-state index contributed by atoms with van der Waals surface area (Å²) < 4.78 is 13.0. The van der Waals surface area contributed by atoms with Crippen molar-refractivity contribution in [2.75, 3.05) is 0 Å². The Labute approximate surface area is 71.5 Å². The lowest BCUT2D eigenvalue weighted by molar-refractivity contribution is 0.322. The van der Waals surface area contributed by atoms with E-state index in [0.29, 0.717) is 10.0 Å². The lowest BCUT2D eigenvalue weighted by Gasteiger charge is -1.96. The Morgan fingerprint density at radius 1 is 1.55 bits per heavy atom. The first-order valence-corrected chi connectivity index (χ1v) is 3.66. The molecule has 0 saturated heterocycles. The molecule has 0 aliphatic heterocycles. The minimum Gasteiger partial charge on any atom is -0.411 e. The molecule has 1 rings (SSSR count). The first-order valence-electron chi connectivity index (χ1n) is 2.87. The largest absolute Gasteiger partial charge is 0.411 e. The number of hydrogen-bond donors (Lipinski definition) is 1. The zero-order chi connectivity index (χ0) is 8.27. The quantitative estimate of drug-likeness (QED) is 0.438. The van der Waals surface area contributed by atoms with Gasteiger partial charge in [0.25, 0.3) is 0 Å². The van der Waals surface area contributed by atoms with Crippen LogP contribution < -0.4 is 0 Å². The lowest BCUT2D eigenvalue weighted by Crippen LogP contribution is -1.86. The maximum absolute atomic E-state index is 12.7. The van der Waals surface area contributed by atoms with Crippen molar-refractivity contribution >= 4 is 22.1 Å². The van der Waals surface area contributed by atoms with Gasteiger partial charge in [0.05, 0.1) is 10.7 Å². The number of halogens is 2. The smallest absolute Gasteiger partial charge is 0.138 e. The van der Waals surface area contributed by atoms with Crippen molar-refractivity contribution in [3.05, 3.63) is 34.1 Å². The molecule has 4 heteroatoms. The van der Waals surface area contributed by atoms with E-state index in [1.165, 1.54) is 12.1 Å². The van der Waals surface area contributed by atoms with Crippen LogP contribution in [0.15, 0.2) is 27.8 Å². The van der Waals surface area contributed by atoms with Gasteiger partial charge < -0.3 is 5.21 Å². The summed E-state index contributed by atoms with van der Waals surface area (Å²) in [4.78, 5) is 0. The van der Waals surface area contributed by atoms with Gasteiger partial charge in [-0.25, -0.2) is 4.39 Å². The summed E-state index contributed by atoms with van der Waals surface area (Å²) in [6.07, 6.45) is 1.16. The van der Waals surface area contributed by atoms with E-state index in [-0.39, 0.29) is 5.82 Å². The Kier molecular flexibility index (Phi) is 2.59. The molecule has 1 aromatic carbocycles. The number of oxime groups is 1. The van der Waals surface area contributed by atoms with Crippen LogP contribution in [-0.4, -0.2) is 11.4 Å². The molecule has 58 valence electrons. The van der Waals surface area contributed by atoms with Crippen molar-refractivity contribution < 1.29 is 9.60 Å². The summed E-state index contributed by atoms with van der Waals surface area (Å²) in [5.74, 6) is -0.373. The molecule has 0 saturated carbocycles. The Hall–Kier alpha value is -0.900. The second-order valence-corrected chi connectivity index (χ2v) is 2.68. The van der Waals surface area contributed by atoms with E-state index >= 15 is 0 Å². The average Bonchev–Trinajstić information content (AvgIpc) is 1.99. The monoisotopic (exact) mass is 217 g/mol. The Bertz CT molecular complexity index is 288. The van der Waals surface area contributed by atoms with Gasteiger partial charge in [0.2, 0.25) is 0 Å². The summed E-state index contributed by atoms with van der Waals surface area (Å²) in [5.41, 5.74) is 0.507. The predicted molar refractivity (Wildman–Crippen MR) is 43.5 cm³/mol. The van der Waals surface area contributed by atoms with Crippen molar-refractivity contribution in [3.8, 4) is 0 Å². The van der Waals surface area contributed by atoms with Crippen LogP contribution in [0.5, 0.6) is 0 Å². The molecule has 0 aliphatic rings. The maximum atomic E-state index is 12.7. The third-order valence-corrected chi connectivity index (χ3v) is 2.01. The fraction of sp³-hybridized carbons (Fsp3) is 0. The van der Waals surface area contributed by atoms with Crippen molar-refractivity contribution in [2.24, 2.45) is 5.16 Å². The van der Waals surface area contributed by atoms with Crippen LogP contribution in [0.3, 0.4) is 0 Å². The summed E-state index contributed by atoms with van der Waals surface area (Å²) in [7, 11) is 0.